The maximum Gasteiger partial charge on any atom is 0.321 e. The highest BCUT2D eigenvalue weighted by Crippen LogP contribution is 2.22. The number of benzene rings is 1. The minimum atomic E-state index is -0.437. The van der Waals surface area contributed by atoms with E-state index in [1.807, 2.05) is 30.3 Å². The van der Waals surface area contributed by atoms with Crippen molar-refractivity contribution in [1.82, 2.24) is 20.8 Å². The molecule has 1 aliphatic rings. The highest BCUT2D eigenvalue weighted by molar-refractivity contribution is 7.99. The van der Waals surface area contributed by atoms with E-state index in [1.54, 1.807) is 0 Å². The van der Waals surface area contributed by atoms with Crippen molar-refractivity contribution < 1.29 is 14.0 Å². The molecule has 1 aliphatic carbocycles. The number of rotatable bonds is 5. The number of aromatic nitrogens is 2. The van der Waals surface area contributed by atoms with Crippen LogP contribution in [0.5, 0.6) is 0 Å². The Morgan fingerprint density at radius 2 is 1.88 bits per heavy atom. The van der Waals surface area contributed by atoms with E-state index < -0.39 is 11.9 Å². The molecule has 25 heavy (non-hydrogen) atoms. The quantitative estimate of drug-likeness (QED) is 0.796. The molecule has 8 heteroatoms. The van der Waals surface area contributed by atoms with Crippen LogP contribution in [0.25, 0.3) is 11.5 Å². The van der Waals surface area contributed by atoms with Crippen LogP contribution in [0.15, 0.2) is 40.0 Å². The highest BCUT2D eigenvalue weighted by Gasteiger charge is 2.17. The molecule has 7 nitrogen and oxygen atoms in total. The van der Waals surface area contributed by atoms with Crippen LogP contribution in [0.3, 0.4) is 0 Å². The van der Waals surface area contributed by atoms with Crippen molar-refractivity contribution in [1.29, 1.82) is 0 Å². The number of imide groups is 1. The third-order valence-electron chi connectivity index (χ3n) is 3.95. The maximum atomic E-state index is 11.9. The molecule has 0 aliphatic heterocycles. The molecular weight excluding hydrogens is 340 g/mol. The predicted molar refractivity (Wildman–Crippen MR) is 94.0 cm³/mol. The smallest absolute Gasteiger partial charge is 0.321 e. The zero-order valence-electron chi connectivity index (χ0n) is 13.7. The van der Waals surface area contributed by atoms with Gasteiger partial charge in [-0.25, -0.2) is 4.79 Å². The van der Waals surface area contributed by atoms with E-state index in [2.05, 4.69) is 20.8 Å². The number of hydrogen-bond acceptors (Lipinski definition) is 6. The number of hydrogen-bond donors (Lipinski definition) is 2. The van der Waals surface area contributed by atoms with Crippen LogP contribution in [-0.4, -0.2) is 33.9 Å². The second kappa shape index (κ2) is 8.66. The molecule has 0 bridgehead atoms. The monoisotopic (exact) mass is 360 g/mol. The molecule has 0 radical (unpaired) electrons. The first kappa shape index (κ1) is 17.5. The van der Waals surface area contributed by atoms with E-state index in [1.165, 1.54) is 6.42 Å². The van der Waals surface area contributed by atoms with E-state index in [9.17, 15) is 9.59 Å². The van der Waals surface area contributed by atoms with Crippen molar-refractivity contribution in [3.63, 3.8) is 0 Å². The topological polar surface area (TPSA) is 97.1 Å². The van der Waals surface area contributed by atoms with Gasteiger partial charge in [0.15, 0.2) is 0 Å². The second-order valence-corrected chi connectivity index (χ2v) is 6.81. The van der Waals surface area contributed by atoms with Crippen molar-refractivity contribution in [2.24, 2.45) is 0 Å². The number of amides is 3. The summed E-state index contributed by atoms with van der Waals surface area (Å²) in [6.07, 6.45) is 5.40. The molecule has 1 saturated carbocycles. The lowest BCUT2D eigenvalue weighted by Crippen LogP contribution is -2.45. The summed E-state index contributed by atoms with van der Waals surface area (Å²) in [6.45, 7) is 0. The van der Waals surface area contributed by atoms with E-state index in [0.717, 1.165) is 43.0 Å². The Labute approximate surface area is 150 Å². The minimum Gasteiger partial charge on any atom is -0.411 e. The van der Waals surface area contributed by atoms with Gasteiger partial charge in [0.05, 0.1) is 5.75 Å². The molecule has 132 valence electrons. The Morgan fingerprint density at radius 1 is 1.12 bits per heavy atom. The van der Waals surface area contributed by atoms with Gasteiger partial charge in [0.25, 0.3) is 5.22 Å². The number of nitrogens with zero attached hydrogens (tertiary/aromatic N) is 2. The summed E-state index contributed by atoms with van der Waals surface area (Å²) in [6, 6.07) is 9.12. The van der Waals surface area contributed by atoms with Crippen LogP contribution in [0.1, 0.15) is 32.1 Å². The second-order valence-electron chi connectivity index (χ2n) is 5.88. The van der Waals surface area contributed by atoms with Crippen molar-refractivity contribution in [2.45, 2.75) is 43.4 Å². The summed E-state index contributed by atoms with van der Waals surface area (Å²) in [5.41, 5.74) is 0.818. The van der Waals surface area contributed by atoms with Crippen molar-refractivity contribution in [3.8, 4) is 11.5 Å². The first-order valence-corrected chi connectivity index (χ1v) is 9.31. The molecule has 0 atom stereocenters. The first-order chi connectivity index (χ1) is 12.2. The summed E-state index contributed by atoms with van der Waals surface area (Å²) in [5, 5.41) is 13.3. The molecular formula is C17H20N4O3S. The van der Waals surface area contributed by atoms with E-state index in [0.29, 0.717) is 11.1 Å². The summed E-state index contributed by atoms with van der Waals surface area (Å²) in [7, 11) is 0. The largest absolute Gasteiger partial charge is 0.411 e. The van der Waals surface area contributed by atoms with Gasteiger partial charge in [-0.05, 0) is 25.0 Å². The summed E-state index contributed by atoms with van der Waals surface area (Å²) < 4.78 is 5.51. The fourth-order valence-electron chi connectivity index (χ4n) is 2.72. The average Bonchev–Trinajstić information content (AvgIpc) is 3.10. The Hall–Kier alpha value is -2.35. The molecule has 3 amide bonds. The van der Waals surface area contributed by atoms with Crippen LogP contribution in [-0.2, 0) is 4.79 Å². The standard InChI is InChI=1S/C17H20N4O3S/c22-14(19-16(23)18-13-9-5-2-6-10-13)11-25-17-21-20-15(24-17)12-7-3-1-4-8-12/h1,3-4,7-8,13H,2,5-6,9-11H2,(H2,18,19,22,23). The number of nitrogens with one attached hydrogen (secondary N) is 2. The molecule has 2 N–H and O–H groups in total. The van der Waals surface area contributed by atoms with Crippen molar-refractivity contribution >= 4 is 23.7 Å². The van der Waals surface area contributed by atoms with E-state index >= 15 is 0 Å². The van der Waals surface area contributed by atoms with Gasteiger partial charge < -0.3 is 9.73 Å². The van der Waals surface area contributed by atoms with Gasteiger partial charge in [-0.15, -0.1) is 10.2 Å². The van der Waals surface area contributed by atoms with Gasteiger partial charge in [-0.2, -0.15) is 0 Å². The Bertz CT molecular complexity index is 714. The Kier molecular flexibility index (Phi) is 6.05. The molecule has 1 aromatic heterocycles. The van der Waals surface area contributed by atoms with Crippen LogP contribution in [0, 0.1) is 0 Å². The van der Waals surface area contributed by atoms with Crippen LogP contribution < -0.4 is 10.6 Å². The molecule has 1 aromatic carbocycles. The van der Waals surface area contributed by atoms with Gasteiger partial charge in [0.1, 0.15) is 0 Å². The van der Waals surface area contributed by atoms with Gasteiger partial charge in [0.2, 0.25) is 11.8 Å². The summed E-state index contributed by atoms with van der Waals surface area (Å²) in [4.78, 5) is 23.7. The number of carbonyl (C=O) groups excluding carboxylic acids is 2. The fraction of sp³-hybridized carbons (Fsp3) is 0.412. The minimum absolute atomic E-state index is 0.0362. The number of carbonyl (C=O) groups is 2. The van der Waals surface area contributed by atoms with Crippen LogP contribution in [0.2, 0.25) is 0 Å². The summed E-state index contributed by atoms with van der Waals surface area (Å²) >= 11 is 1.10. The van der Waals surface area contributed by atoms with Crippen LogP contribution in [0.4, 0.5) is 4.79 Å². The first-order valence-electron chi connectivity index (χ1n) is 8.33. The molecule has 0 saturated heterocycles. The molecule has 1 fully saturated rings. The molecule has 0 unspecified atom stereocenters. The zero-order valence-corrected chi connectivity index (χ0v) is 14.6. The maximum absolute atomic E-state index is 11.9. The Balaban J connectivity index is 1.43. The van der Waals surface area contributed by atoms with Crippen molar-refractivity contribution in [3.05, 3.63) is 30.3 Å². The van der Waals surface area contributed by atoms with Crippen molar-refractivity contribution in [2.75, 3.05) is 5.75 Å². The molecule has 0 spiro atoms. The number of thioether (sulfide) groups is 1. The highest BCUT2D eigenvalue weighted by atomic mass is 32.2. The normalized spacial score (nSPS) is 14.9. The lowest BCUT2D eigenvalue weighted by Gasteiger charge is -2.22. The fourth-order valence-corrected chi connectivity index (χ4v) is 3.29. The lowest BCUT2D eigenvalue weighted by atomic mass is 9.96. The van der Waals surface area contributed by atoms with E-state index in [4.69, 9.17) is 4.42 Å². The number of urea groups is 1. The lowest BCUT2D eigenvalue weighted by molar-refractivity contribution is -0.117. The predicted octanol–water partition coefficient (Wildman–Crippen LogP) is 2.99. The molecule has 2 aromatic rings. The average molecular weight is 360 g/mol. The summed E-state index contributed by atoms with van der Waals surface area (Å²) in [5.74, 6) is 0.0467. The Morgan fingerprint density at radius 3 is 2.64 bits per heavy atom. The van der Waals surface area contributed by atoms with Gasteiger partial charge in [0, 0.05) is 11.6 Å². The zero-order chi connectivity index (χ0) is 17.5. The van der Waals surface area contributed by atoms with Gasteiger partial charge in [-0.3, -0.25) is 10.1 Å². The SMILES string of the molecule is O=C(CSc1nnc(-c2ccccc2)o1)NC(=O)NC1CCCCC1. The third-order valence-corrected chi connectivity index (χ3v) is 4.77. The third kappa shape index (κ3) is 5.32. The van der Waals surface area contributed by atoms with E-state index in [-0.39, 0.29) is 11.8 Å². The van der Waals surface area contributed by atoms with Gasteiger partial charge in [-0.1, -0.05) is 49.2 Å². The molecule has 1 heterocycles. The van der Waals surface area contributed by atoms with Gasteiger partial charge >= 0.3 is 6.03 Å². The molecule has 3 rings (SSSR count). The van der Waals surface area contributed by atoms with Crippen LogP contribution >= 0.6 is 11.8 Å².